The Morgan fingerprint density at radius 2 is 2.19 bits per heavy atom. The molecule has 21 heavy (non-hydrogen) atoms. The van der Waals surface area contributed by atoms with Gasteiger partial charge in [0.1, 0.15) is 5.69 Å². The number of nitrogens with one attached hydrogen (secondary N) is 1. The molecule has 0 amide bonds. The summed E-state index contributed by atoms with van der Waals surface area (Å²) in [5.74, 6) is -0.00784. The number of hydrogen-bond donors (Lipinski definition) is 1. The lowest BCUT2D eigenvalue weighted by Crippen LogP contribution is -2.20. The topological polar surface area (TPSA) is 55.6 Å². The standard InChI is InChI=1S/C13H14F3N5/c1-21-10-4-2-3-9(8(10)7-18-21)19-12-17-6-5-11(20-12)13(14,15)16/h5-7,9H,2-4H2,1H3,(H,17,19,20). The van der Waals surface area contributed by atoms with Crippen LogP contribution in [0.25, 0.3) is 0 Å². The Labute approximate surface area is 119 Å². The van der Waals surface area contributed by atoms with E-state index in [0.29, 0.717) is 0 Å². The molecule has 5 nitrogen and oxygen atoms in total. The van der Waals surface area contributed by atoms with Crippen LogP contribution in [0, 0.1) is 0 Å². The molecule has 0 fully saturated rings. The molecule has 0 aliphatic heterocycles. The number of fused-ring (bicyclic) bond motifs is 1. The third-order valence-electron chi connectivity index (χ3n) is 3.63. The number of anilines is 1. The van der Waals surface area contributed by atoms with Gasteiger partial charge < -0.3 is 5.32 Å². The van der Waals surface area contributed by atoms with Crippen molar-refractivity contribution in [2.75, 3.05) is 5.32 Å². The summed E-state index contributed by atoms with van der Waals surface area (Å²) in [5, 5.41) is 7.19. The molecule has 1 aliphatic rings. The minimum atomic E-state index is -4.47. The van der Waals surface area contributed by atoms with Crippen LogP contribution in [0.1, 0.15) is 35.8 Å². The van der Waals surface area contributed by atoms with Gasteiger partial charge in [-0.3, -0.25) is 4.68 Å². The lowest BCUT2D eigenvalue weighted by atomic mass is 9.93. The molecule has 1 N–H and O–H groups in total. The van der Waals surface area contributed by atoms with E-state index >= 15 is 0 Å². The predicted molar refractivity (Wildman–Crippen MR) is 69.5 cm³/mol. The molecule has 0 radical (unpaired) electrons. The van der Waals surface area contributed by atoms with Crippen LogP contribution in [0.2, 0.25) is 0 Å². The van der Waals surface area contributed by atoms with Crippen molar-refractivity contribution in [2.45, 2.75) is 31.5 Å². The van der Waals surface area contributed by atoms with Crippen LogP contribution in [0.5, 0.6) is 0 Å². The molecule has 2 aromatic heterocycles. The van der Waals surface area contributed by atoms with E-state index in [2.05, 4.69) is 20.4 Å². The average molecular weight is 297 g/mol. The molecule has 0 saturated carbocycles. The normalized spacial score (nSPS) is 18.4. The fourth-order valence-electron chi connectivity index (χ4n) is 2.60. The molecular weight excluding hydrogens is 283 g/mol. The van der Waals surface area contributed by atoms with Gasteiger partial charge in [0.15, 0.2) is 0 Å². The van der Waals surface area contributed by atoms with Crippen molar-refractivity contribution >= 4 is 5.95 Å². The molecule has 3 rings (SSSR count). The van der Waals surface area contributed by atoms with Crippen LogP contribution >= 0.6 is 0 Å². The van der Waals surface area contributed by atoms with Gasteiger partial charge >= 0.3 is 6.18 Å². The Kier molecular flexibility index (Phi) is 3.30. The lowest BCUT2D eigenvalue weighted by Gasteiger charge is -2.23. The summed E-state index contributed by atoms with van der Waals surface area (Å²) in [6, 6.07) is 0.757. The monoisotopic (exact) mass is 297 g/mol. The minimum absolute atomic E-state index is 0.00784. The van der Waals surface area contributed by atoms with Gasteiger partial charge in [0.25, 0.3) is 0 Å². The Morgan fingerprint density at radius 1 is 1.38 bits per heavy atom. The highest BCUT2D eigenvalue weighted by atomic mass is 19.4. The molecule has 112 valence electrons. The van der Waals surface area contributed by atoms with Crippen molar-refractivity contribution in [3.05, 3.63) is 35.4 Å². The van der Waals surface area contributed by atoms with Crippen molar-refractivity contribution in [2.24, 2.45) is 7.05 Å². The fraction of sp³-hybridized carbons (Fsp3) is 0.462. The van der Waals surface area contributed by atoms with Crippen LogP contribution in [-0.4, -0.2) is 19.7 Å². The molecule has 1 aliphatic carbocycles. The summed E-state index contributed by atoms with van der Waals surface area (Å²) >= 11 is 0. The van der Waals surface area contributed by atoms with E-state index in [1.165, 1.54) is 0 Å². The van der Waals surface area contributed by atoms with E-state index < -0.39 is 11.9 Å². The van der Waals surface area contributed by atoms with Crippen molar-refractivity contribution in [1.29, 1.82) is 0 Å². The SMILES string of the molecule is Cn1ncc2c1CCCC2Nc1nccc(C(F)(F)F)n1. The number of hydrogen-bond acceptors (Lipinski definition) is 4. The molecule has 2 aromatic rings. The molecule has 0 bridgehead atoms. The molecule has 1 unspecified atom stereocenters. The Hall–Kier alpha value is -2.12. The van der Waals surface area contributed by atoms with Gasteiger partial charge in [-0.2, -0.15) is 18.3 Å². The molecule has 0 spiro atoms. The largest absolute Gasteiger partial charge is 0.433 e. The van der Waals surface area contributed by atoms with Crippen LogP contribution in [0.15, 0.2) is 18.5 Å². The summed E-state index contributed by atoms with van der Waals surface area (Å²) in [6.45, 7) is 0. The third-order valence-corrected chi connectivity index (χ3v) is 3.63. The number of halogens is 3. The molecule has 1 atom stereocenters. The summed E-state index contributed by atoms with van der Waals surface area (Å²) in [7, 11) is 1.86. The van der Waals surface area contributed by atoms with Gasteiger partial charge in [0, 0.05) is 24.5 Å². The van der Waals surface area contributed by atoms with Crippen LogP contribution in [0.3, 0.4) is 0 Å². The number of nitrogens with zero attached hydrogens (tertiary/aromatic N) is 4. The van der Waals surface area contributed by atoms with E-state index in [-0.39, 0.29) is 12.0 Å². The van der Waals surface area contributed by atoms with Crippen molar-refractivity contribution < 1.29 is 13.2 Å². The Balaban J connectivity index is 1.85. The summed E-state index contributed by atoms with van der Waals surface area (Å²) in [4.78, 5) is 7.42. The summed E-state index contributed by atoms with van der Waals surface area (Å²) < 4.78 is 39.8. The van der Waals surface area contributed by atoms with E-state index in [9.17, 15) is 13.2 Å². The second kappa shape index (κ2) is 5.01. The first-order chi connectivity index (χ1) is 9.95. The smallest absolute Gasteiger partial charge is 0.347 e. The maximum Gasteiger partial charge on any atom is 0.433 e. The predicted octanol–water partition coefficient (Wildman–Crippen LogP) is 2.72. The molecule has 0 saturated heterocycles. The van der Waals surface area contributed by atoms with Crippen molar-refractivity contribution in [3.63, 3.8) is 0 Å². The Morgan fingerprint density at radius 3 is 2.95 bits per heavy atom. The van der Waals surface area contributed by atoms with E-state index in [4.69, 9.17) is 0 Å². The zero-order valence-electron chi connectivity index (χ0n) is 11.4. The average Bonchev–Trinajstić information content (AvgIpc) is 2.81. The molecule has 0 aromatic carbocycles. The maximum absolute atomic E-state index is 12.7. The zero-order chi connectivity index (χ0) is 15.0. The van der Waals surface area contributed by atoms with Gasteiger partial charge in [0.2, 0.25) is 5.95 Å². The minimum Gasteiger partial charge on any atom is -0.347 e. The highest BCUT2D eigenvalue weighted by Gasteiger charge is 2.33. The fourth-order valence-corrected chi connectivity index (χ4v) is 2.60. The number of alkyl halides is 3. The molecule has 2 heterocycles. The quantitative estimate of drug-likeness (QED) is 0.926. The molecule has 8 heteroatoms. The second-order valence-corrected chi connectivity index (χ2v) is 5.02. The van der Waals surface area contributed by atoms with Gasteiger partial charge in [-0.25, -0.2) is 9.97 Å². The van der Waals surface area contributed by atoms with Gasteiger partial charge in [-0.05, 0) is 25.3 Å². The summed E-state index contributed by atoms with van der Waals surface area (Å²) in [6.07, 6.45) is 1.09. The Bertz CT molecular complexity index is 649. The zero-order valence-corrected chi connectivity index (χ0v) is 11.4. The van der Waals surface area contributed by atoms with Crippen molar-refractivity contribution in [3.8, 4) is 0 Å². The van der Waals surface area contributed by atoms with Crippen LogP contribution < -0.4 is 5.32 Å². The van der Waals surface area contributed by atoms with Crippen molar-refractivity contribution in [1.82, 2.24) is 19.7 Å². The maximum atomic E-state index is 12.7. The third kappa shape index (κ3) is 2.70. The highest BCUT2D eigenvalue weighted by Crippen LogP contribution is 2.32. The van der Waals surface area contributed by atoms with E-state index in [1.54, 1.807) is 10.9 Å². The first-order valence-corrected chi connectivity index (χ1v) is 6.62. The second-order valence-electron chi connectivity index (χ2n) is 5.02. The highest BCUT2D eigenvalue weighted by molar-refractivity contribution is 5.35. The van der Waals surface area contributed by atoms with Crippen LogP contribution in [0.4, 0.5) is 19.1 Å². The van der Waals surface area contributed by atoms with Gasteiger partial charge in [-0.15, -0.1) is 0 Å². The number of rotatable bonds is 2. The summed E-state index contributed by atoms with van der Waals surface area (Å²) in [5.41, 5.74) is 1.16. The van der Waals surface area contributed by atoms with Gasteiger partial charge in [-0.1, -0.05) is 0 Å². The first-order valence-electron chi connectivity index (χ1n) is 6.62. The molecular formula is C13H14F3N5. The number of aryl methyl sites for hydroxylation is 1. The van der Waals surface area contributed by atoms with Crippen LogP contribution in [-0.2, 0) is 19.6 Å². The van der Waals surface area contributed by atoms with E-state index in [1.807, 2.05) is 7.05 Å². The number of aromatic nitrogens is 4. The lowest BCUT2D eigenvalue weighted by molar-refractivity contribution is -0.141. The van der Waals surface area contributed by atoms with Gasteiger partial charge in [0.05, 0.1) is 12.2 Å². The van der Waals surface area contributed by atoms with E-state index in [0.717, 1.165) is 42.8 Å². The first kappa shape index (κ1) is 13.8.